The minimum absolute atomic E-state index is 0.0162. The first-order valence-corrected chi connectivity index (χ1v) is 47.9. The van der Waals surface area contributed by atoms with E-state index in [1.54, 1.807) is 111 Å². The molecular weight excluding hydrogens is 1780 g/mol. The Bertz CT molecular complexity index is 4140. The van der Waals surface area contributed by atoms with Gasteiger partial charge >= 0.3 is 5.97 Å². The number of nitrogens with two attached hydrogens (primary N) is 3. The first-order valence-electron chi connectivity index (χ1n) is 47.9. The van der Waals surface area contributed by atoms with E-state index in [1.807, 2.05) is 6.92 Å². The van der Waals surface area contributed by atoms with E-state index in [9.17, 15) is 111 Å². The van der Waals surface area contributed by atoms with Crippen molar-refractivity contribution in [2.45, 2.75) is 350 Å². The number of amides is 19. The van der Waals surface area contributed by atoms with Crippen molar-refractivity contribution in [2.75, 3.05) is 39.4 Å². The Morgan fingerprint density at radius 2 is 0.949 bits per heavy atom. The number of unbranched alkanes of at least 4 members (excludes halogenated alkanes) is 3. The van der Waals surface area contributed by atoms with Crippen molar-refractivity contribution in [3.63, 3.8) is 0 Å². The summed E-state index contributed by atoms with van der Waals surface area (Å²) in [6.45, 7) is 29.8. The number of primary amides is 1. The van der Waals surface area contributed by atoms with Gasteiger partial charge in [-0.15, -0.1) is 0 Å². The molecule has 45 nitrogen and oxygen atoms in total. The number of rotatable bonds is 55. The van der Waals surface area contributed by atoms with Crippen LogP contribution in [0.1, 0.15) is 248 Å². The highest BCUT2D eigenvalue weighted by Gasteiger charge is 2.44. The number of likely N-dealkylation sites (tertiary alicyclic amines) is 1. The van der Waals surface area contributed by atoms with Gasteiger partial charge in [0.1, 0.15) is 108 Å². The third-order valence-corrected chi connectivity index (χ3v) is 23.1. The average Bonchev–Trinajstić information content (AvgIpc) is 1.72. The maximum atomic E-state index is 14.6. The molecule has 2 fully saturated rings. The van der Waals surface area contributed by atoms with E-state index in [0.29, 0.717) is 38.5 Å². The van der Waals surface area contributed by atoms with Crippen molar-refractivity contribution in [3.8, 4) is 0 Å². The number of aliphatic hydroxyl groups is 3. The molecule has 2 aliphatic rings. The Balaban J connectivity index is 2.43. The summed E-state index contributed by atoms with van der Waals surface area (Å²) in [6.07, 6.45) is 2.91. The second-order valence-corrected chi connectivity index (χ2v) is 37.7. The minimum Gasteiger partial charge on any atom is -0.458 e. The molecule has 2 rings (SSSR count). The fraction of sp³-hybridized carbons (Fsp3) is 0.739. The number of allylic oxidation sites excluding steroid dienone is 2. The lowest BCUT2D eigenvalue weighted by Crippen LogP contribution is -2.62. The van der Waals surface area contributed by atoms with Crippen LogP contribution in [0.5, 0.6) is 0 Å². The van der Waals surface area contributed by atoms with Crippen LogP contribution < -0.4 is 108 Å². The molecule has 26 N–H and O–H groups in total. The van der Waals surface area contributed by atoms with E-state index in [-0.39, 0.29) is 88.0 Å². The molecule has 2 aliphatic heterocycles. The van der Waals surface area contributed by atoms with Crippen molar-refractivity contribution in [1.82, 2.24) is 95.3 Å². The Labute approximate surface area is 803 Å². The Morgan fingerprint density at radius 3 is 1.39 bits per heavy atom. The van der Waals surface area contributed by atoms with E-state index in [4.69, 9.17) is 21.9 Å². The van der Waals surface area contributed by atoms with Crippen molar-refractivity contribution in [3.05, 3.63) is 23.5 Å². The van der Waals surface area contributed by atoms with Crippen LogP contribution in [0.15, 0.2) is 23.5 Å². The van der Waals surface area contributed by atoms with Crippen molar-refractivity contribution in [1.29, 1.82) is 0 Å². The van der Waals surface area contributed by atoms with Gasteiger partial charge in [-0.1, -0.05) is 156 Å². The van der Waals surface area contributed by atoms with Gasteiger partial charge in [0.2, 0.25) is 100 Å². The highest BCUT2D eigenvalue weighted by molar-refractivity contribution is 6.05. The zero-order valence-electron chi connectivity index (χ0n) is 83.4. The molecule has 1 unspecified atom stereocenters. The molecule has 0 bridgehead atoms. The fourth-order valence-electron chi connectivity index (χ4n) is 15.0. The summed E-state index contributed by atoms with van der Waals surface area (Å²) in [7, 11) is 0. The van der Waals surface area contributed by atoms with Gasteiger partial charge in [-0.25, -0.2) is 4.79 Å². The fourth-order valence-corrected chi connectivity index (χ4v) is 15.0. The monoisotopic (exact) mass is 1940 g/mol. The Hall–Kier alpha value is -11.3. The summed E-state index contributed by atoms with van der Waals surface area (Å²) in [5.41, 5.74) is 16.5. The summed E-state index contributed by atoms with van der Waals surface area (Å²) in [4.78, 5) is 282. The summed E-state index contributed by atoms with van der Waals surface area (Å²) in [5, 5.41) is 74.8. The molecule has 45 heteroatoms. The highest BCUT2D eigenvalue weighted by atomic mass is 16.5. The van der Waals surface area contributed by atoms with Crippen molar-refractivity contribution in [2.24, 2.45) is 64.5 Å². The molecule has 2 saturated heterocycles. The molecule has 776 valence electrons. The molecule has 0 spiro atoms. The van der Waals surface area contributed by atoms with Crippen LogP contribution in [0.3, 0.4) is 0 Å². The summed E-state index contributed by atoms with van der Waals surface area (Å²) >= 11 is 0. The van der Waals surface area contributed by atoms with Crippen LogP contribution >= 0.6 is 0 Å². The number of nitrogens with one attached hydrogen (secondary N) is 17. The highest BCUT2D eigenvalue weighted by Crippen LogP contribution is 2.23. The van der Waals surface area contributed by atoms with Crippen LogP contribution in [0.2, 0.25) is 0 Å². The summed E-state index contributed by atoms with van der Waals surface area (Å²) in [6, 6.07) is -22.4. The number of carbonyl (C=O) groups excluding carboxylic acids is 20. The van der Waals surface area contributed by atoms with E-state index in [2.05, 4.69) is 90.4 Å². The molecule has 0 aromatic rings. The minimum atomic E-state index is -1.84. The lowest BCUT2D eigenvalue weighted by Gasteiger charge is -2.31. The van der Waals surface area contributed by atoms with E-state index in [0.717, 1.165) is 18.9 Å². The second kappa shape index (κ2) is 61.8. The van der Waals surface area contributed by atoms with Gasteiger partial charge in [0, 0.05) is 13.0 Å². The number of hydrogen-bond acceptors (Lipinski definition) is 26. The average molecular weight is 1940 g/mol. The third kappa shape index (κ3) is 41.9. The van der Waals surface area contributed by atoms with Gasteiger partial charge in [-0.3, -0.25) is 91.1 Å². The maximum absolute atomic E-state index is 14.6. The largest absolute Gasteiger partial charge is 0.458 e. The molecule has 0 aliphatic carbocycles. The zero-order valence-corrected chi connectivity index (χ0v) is 83.4. The molecule has 0 saturated carbocycles. The topological polar surface area (TPSA) is 697 Å². The smallest absolute Gasteiger partial charge is 0.328 e. The van der Waals surface area contributed by atoms with E-state index < -0.39 is 289 Å². The number of esters is 1. The Morgan fingerprint density at radius 1 is 0.496 bits per heavy atom. The van der Waals surface area contributed by atoms with Crippen LogP contribution in [-0.4, -0.2) is 281 Å². The number of nitrogens with zero attached hydrogens (tertiary/aromatic N) is 1. The van der Waals surface area contributed by atoms with Gasteiger partial charge in [0.15, 0.2) is 0 Å². The molecule has 0 radical (unpaired) electrons. The number of aliphatic hydroxyl groups excluding tert-OH is 3. The lowest BCUT2D eigenvalue weighted by atomic mass is 9.97. The van der Waals surface area contributed by atoms with Gasteiger partial charge in [-0.05, 0) is 152 Å². The number of ether oxygens (including phenoxy) is 1. The van der Waals surface area contributed by atoms with Crippen LogP contribution in [-0.2, 0) is 101 Å². The lowest BCUT2D eigenvalue weighted by molar-refractivity contribution is -0.156. The first kappa shape index (κ1) is 122. The molecule has 2 heterocycles. The third-order valence-electron chi connectivity index (χ3n) is 23.1. The van der Waals surface area contributed by atoms with Gasteiger partial charge in [-0.2, -0.15) is 0 Å². The van der Waals surface area contributed by atoms with Crippen LogP contribution in [0.4, 0.5) is 0 Å². The van der Waals surface area contributed by atoms with Gasteiger partial charge in [0.05, 0.1) is 32.3 Å². The van der Waals surface area contributed by atoms with Gasteiger partial charge in [0.25, 0.3) is 11.8 Å². The predicted molar refractivity (Wildman–Crippen MR) is 505 cm³/mol. The predicted octanol–water partition coefficient (Wildman–Crippen LogP) is -3.27. The second-order valence-electron chi connectivity index (χ2n) is 37.7. The molecule has 19 amide bonds. The summed E-state index contributed by atoms with van der Waals surface area (Å²) in [5.74, 6) is -23.1. The number of carbonyl (C=O) groups is 20. The van der Waals surface area contributed by atoms with Crippen LogP contribution in [0, 0.1) is 47.3 Å². The van der Waals surface area contributed by atoms with Crippen molar-refractivity contribution >= 4 is 118 Å². The quantitative estimate of drug-likeness (QED) is 0.0161. The van der Waals surface area contributed by atoms with Crippen LogP contribution in [0.25, 0.3) is 0 Å². The molecular formula is C92H159N21O24. The van der Waals surface area contributed by atoms with E-state index in [1.165, 1.54) is 31.7 Å². The molecule has 0 aromatic carbocycles. The number of hydrogen-bond donors (Lipinski definition) is 23. The standard InChI is InChI=1S/C92H159N21O24/c1-21-25-26-30-55(116)42-68(118)97-57(24-4)91(135)113-38-29-32-66(113)84(128)105-64(44-114)82(126)103-62(40-47(7)8)80(124)108-71(50(13)14)88(132)106-65(45-115)83(127)104-63(41-48(9)10)81(125)109-73(52(17)18)89(133)110-72(51(15)16)87(131)100-58(33-34-67(95)117)77(121)102-61(39-46(5)6)79(123)107-70(49(11)12)86(130)99-56(23-3)76(120)112-75-54(20)137-92(136)60(31-27-28-36-93)101-78(122)59(35-37-94)98-69(119)43-96-85(129)74(53(19)22-2)111-90(75)134/h23-24,46-55,58-66,70-75,114-116H,21-22,25-45,93-94H2,1-20H3,(H2,95,117)(H,96,129)(H,97,118)(H,98,119)(H,99,130)(H,100,131)(H,101,122)(H,102,121)(H,103,126)(H,104,127)(H,105,128)(H,106,132)(H,107,123)(H,108,124)(H,109,125)(H,110,133)(H,111,134)(H,112,120)/b56-23-,57-24-/t53-,54+,55?,58+,59+,60-,61-,62-,63+,64-,65+,66+,70+,71+,72-,73+,74-,75+/m0/s1. The molecule has 0 aromatic heterocycles. The maximum Gasteiger partial charge on any atom is 0.328 e. The Kier molecular flexibility index (Phi) is 54.9. The van der Waals surface area contributed by atoms with Crippen molar-refractivity contribution < 1.29 is 116 Å². The first-order chi connectivity index (χ1) is 64.3. The number of cyclic esters (lactones) is 1. The SMILES string of the molecule is C/C=C(\NC(=O)[C@H](NC(=O)[C@H](CC(C)C)NC(=O)[C@@H](CCC(N)=O)NC(=O)[C@@H](NC(=O)[C@H](NC(=O)[C@@H](CC(C)C)NC(=O)[C@@H](CO)NC(=O)[C@H](NC(=O)[C@H](CC(C)C)NC(=O)[C@H](CO)NC(=O)[C@H]1CCCN1C(=O)/C(=C/C)NC(=O)CC(O)CCCCC)C(C)C)C(C)C)C(C)C)C(C)C)C(=O)N[C@H]1C(=O)N[C@@H]([C@@H](C)CC)C(=O)NCC(=O)N[C@H](CCN)C(=O)N[C@@H](CCCCN)C(=O)O[C@@H]1C. The summed E-state index contributed by atoms with van der Waals surface area (Å²) < 4.78 is 5.81. The van der Waals surface area contributed by atoms with E-state index >= 15 is 0 Å². The molecule has 137 heavy (non-hydrogen) atoms. The zero-order chi connectivity index (χ0) is 104. The molecule has 18 atom stereocenters. The van der Waals surface area contributed by atoms with Gasteiger partial charge < -0.3 is 133 Å². The normalized spacial score (nSPS) is 19.7.